The maximum atomic E-state index is 12.9. The summed E-state index contributed by atoms with van der Waals surface area (Å²) in [6.07, 6.45) is -0.700. The van der Waals surface area contributed by atoms with Gasteiger partial charge in [0.15, 0.2) is 6.10 Å². The van der Waals surface area contributed by atoms with Crippen molar-refractivity contribution >= 4 is 57.7 Å². The number of hydrogen-bond acceptors (Lipinski definition) is 5. The first-order chi connectivity index (χ1) is 14.7. The Morgan fingerprint density at radius 1 is 1.23 bits per heavy atom. The van der Waals surface area contributed by atoms with E-state index in [1.165, 1.54) is 4.90 Å². The molecular formula is C22H19Cl2N3O3S. The number of halogens is 2. The number of aromatic nitrogens is 1. The number of amides is 2. The lowest BCUT2D eigenvalue weighted by atomic mass is 10.1. The van der Waals surface area contributed by atoms with E-state index in [1.807, 2.05) is 32.0 Å². The van der Waals surface area contributed by atoms with Crippen LogP contribution in [0, 0.1) is 13.8 Å². The zero-order chi connectivity index (χ0) is 22.3. The number of carbonyl (C=O) groups excluding carboxylic acids is 2. The van der Waals surface area contributed by atoms with E-state index in [2.05, 4.69) is 10.3 Å². The van der Waals surface area contributed by atoms with Crippen molar-refractivity contribution in [3.05, 3.63) is 56.3 Å². The molecule has 0 bridgehead atoms. The maximum absolute atomic E-state index is 12.9. The molecule has 0 saturated heterocycles. The smallest absolute Gasteiger partial charge is 0.268 e. The van der Waals surface area contributed by atoms with Crippen LogP contribution < -0.4 is 15.0 Å². The number of ether oxygens (including phenoxy) is 1. The molecule has 1 aliphatic rings. The Bertz CT molecular complexity index is 1190. The van der Waals surface area contributed by atoms with Gasteiger partial charge in [0.2, 0.25) is 5.91 Å². The molecule has 0 saturated carbocycles. The fraction of sp³-hybridized carbons (Fsp3) is 0.227. The van der Waals surface area contributed by atoms with E-state index in [1.54, 1.807) is 36.5 Å². The number of thiazole rings is 1. The van der Waals surface area contributed by atoms with Crippen LogP contribution >= 0.6 is 34.5 Å². The second-order valence-electron chi connectivity index (χ2n) is 7.18. The van der Waals surface area contributed by atoms with Gasteiger partial charge in [0.25, 0.3) is 5.91 Å². The van der Waals surface area contributed by atoms with E-state index in [0.717, 1.165) is 21.1 Å². The van der Waals surface area contributed by atoms with Crippen molar-refractivity contribution in [1.82, 2.24) is 4.98 Å². The third-order valence-electron chi connectivity index (χ3n) is 4.85. The third kappa shape index (κ3) is 4.39. The van der Waals surface area contributed by atoms with Crippen molar-refractivity contribution in [2.75, 3.05) is 16.8 Å². The number of carbonyl (C=O) groups is 2. The van der Waals surface area contributed by atoms with E-state index in [0.29, 0.717) is 27.2 Å². The monoisotopic (exact) mass is 475 g/mol. The average molecular weight is 476 g/mol. The van der Waals surface area contributed by atoms with Gasteiger partial charge in [-0.05, 0) is 57.2 Å². The van der Waals surface area contributed by atoms with Crippen LogP contribution in [0.5, 0.6) is 5.75 Å². The van der Waals surface area contributed by atoms with Gasteiger partial charge in [-0.3, -0.25) is 14.5 Å². The molecule has 1 atom stereocenters. The van der Waals surface area contributed by atoms with Crippen molar-refractivity contribution in [1.29, 1.82) is 0 Å². The summed E-state index contributed by atoms with van der Waals surface area (Å²) in [4.78, 5) is 32.7. The topological polar surface area (TPSA) is 71.5 Å². The second-order valence-corrected chi connectivity index (χ2v) is 9.43. The highest BCUT2D eigenvalue weighted by atomic mass is 35.5. The number of nitrogens with one attached hydrogen (secondary N) is 1. The number of benzene rings is 2. The summed E-state index contributed by atoms with van der Waals surface area (Å²) in [5.74, 6) is -0.144. The molecule has 4 rings (SSSR count). The lowest BCUT2D eigenvalue weighted by Crippen LogP contribution is -2.47. The molecule has 0 fully saturated rings. The predicted molar refractivity (Wildman–Crippen MR) is 125 cm³/mol. The van der Waals surface area contributed by atoms with Crippen molar-refractivity contribution in [2.24, 2.45) is 0 Å². The minimum absolute atomic E-state index is 0.184. The highest BCUT2D eigenvalue weighted by molar-refractivity contribution is 7.11. The molecule has 0 radical (unpaired) electrons. The number of nitrogens with zero attached hydrogens (tertiary/aromatic N) is 2. The lowest BCUT2D eigenvalue weighted by molar-refractivity contribution is -0.127. The minimum atomic E-state index is -0.700. The molecule has 1 N–H and O–H groups in total. The molecule has 2 heterocycles. The molecule has 0 spiro atoms. The SMILES string of the molecule is Cc1nc(-c2ccc3c(c2)N(CC(=O)Nc2ccc(Cl)cc2Cl)C(=O)C(C)O3)c(C)s1. The first-order valence-corrected chi connectivity index (χ1v) is 11.1. The highest BCUT2D eigenvalue weighted by Gasteiger charge is 2.33. The van der Waals surface area contributed by atoms with Crippen LogP contribution in [0.15, 0.2) is 36.4 Å². The van der Waals surface area contributed by atoms with Crippen LogP contribution in [0.1, 0.15) is 16.8 Å². The van der Waals surface area contributed by atoms with E-state index in [4.69, 9.17) is 27.9 Å². The fourth-order valence-corrected chi connectivity index (χ4v) is 4.73. The first-order valence-electron chi connectivity index (χ1n) is 9.54. The molecule has 1 unspecified atom stereocenters. The molecule has 31 heavy (non-hydrogen) atoms. The van der Waals surface area contributed by atoms with Crippen molar-refractivity contribution in [3.8, 4) is 17.0 Å². The molecule has 1 aliphatic heterocycles. The molecule has 2 amide bonds. The Balaban J connectivity index is 1.64. The largest absolute Gasteiger partial charge is 0.479 e. The summed E-state index contributed by atoms with van der Waals surface area (Å²) >= 11 is 13.7. The Morgan fingerprint density at radius 3 is 2.68 bits per heavy atom. The Morgan fingerprint density at radius 2 is 2.00 bits per heavy atom. The molecule has 1 aromatic heterocycles. The van der Waals surface area contributed by atoms with Crippen LogP contribution in [0.3, 0.4) is 0 Å². The van der Waals surface area contributed by atoms with Crippen LogP contribution in [0.2, 0.25) is 10.0 Å². The maximum Gasteiger partial charge on any atom is 0.268 e. The molecule has 2 aromatic carbocycles. The van der Waals surface area contributed by atoms with Gasteiger partial charge in [-0.15, -0.1) is 11.3 Å². The zero-order valence-electron chi connectivity index (χ0n) is 17.0. The first kappa shape index (κ1) is 21.6. The van der Waals surface area contributed by atoms with Gasteiger partial charge >= 0.3 is 0 Å². The number of hydrogen-bond donors (Lipinski definition) is 1. The summed E-state index contributed by atoms with van der Waals surface area (Å²) < 4.78 is 5.76. The quantitative estimate of drug-likeness (QED) is 0.541. The molecule has 3 aromatic rings. The van der Waals surface area contributed by atoms with E-state index < -0.39 is 6.10 Å². The third-order valence-corrected chi connectivity index (χ3v) is 6.29. The molecule has 0 aliphatic carbocycles. The number of fused-ring (bicyclic) bond motifs is 1. The van der Waals surface area contributed by atoms with Crippen LogP contribution in [-0.4, -0.2) is 29.4 Å². The number of aryl methyl sites for hydroxylation is 2. The van der Waals surface area contributed by atoms with Gasteiger partial charge in [-0.2, -0.15) is 0 Å². The summed E-state index contributed by atoms with van der Waals surface area (Å²) in [5.41, 5.74) is 2.67. The Labute approximate surface area is 193 Å². The Hall–Kier alpha value is -2.61. The average Bonchev–Trinajstić information content (AvgIpc) is 3.05. The summed E-state index contributed by atoms with van der Waals surface area (Å²) in [5, 5.41) is 4.48. The number of rotatable bonds is 4. The molecule has 160 valence electrons. The normalized spacial score (nSPS) is 15.5. The van der Waals surface area contributed by atoms with E-state index >= 15 is 0 Å². The lowest BCUT2D eigenvalue weighted by Gasteiger charge is -2.33. The Kier molecular flexibility index (Phi) is 5.92. The van der Waals surface area contributed by atoms with Crippen molar-refractivity contribution in [2.45, 2.75) is 26.9 Å². The molecule has 9 heteroatoms. The number of anilines is 2. The van der Waals surface area contributed by atoms with Crippen molar-refractivity contribution in [3.63, 3.8) is 0 Å². The standard InChI is InChI=1S/C22H19Cl2N3O3S/c1-11-22(29)27(10-20(28)26-17-6-5-15(23)9-16(17)24)18-8-14(4-7-19(18)30-11)21-12(2)31-13(3)25-21/h4-9,11H,10H2,1-3H3,(H,26,28). The van der Waals surface area contributed by atoms with E-state index in [-0.39, 0.29) is 18.4 Å². The van der Waals surface area contributed by atoms with Crippen LogP contribution in [-0.2, 0) is 9.59 Å². The van der Waals surface area contributed by atoms with Gasteiger partial charge in [0.05, 0.1) is 27.1 Å². The van der Waals surface area contributed by atoms with Crippen LogP contribution in [0.4, 0.5) is 11.4 Å². The van der Waals surface area contributed by atoms with Gasteiger partial charge in [-0.1, -0.05) is 23.2 Å². The van der Waals surface area contributed by atoms with Gasteiger partial charge < -0.3 is 10.1 Å². The van der Waals surface area contributed by atoms with Gasteiger partial charge in [0.1, 0.15) is 12.3 Å². The van der Waals surface area contributed by atoms with Gasteiger partial charge in [-0.25, -0.2) is 4.98 Å². The summed E-state index contributed by atoms with van der Waals surface area (Å²) in [7, 11) is 0. The highest BCUT2D eigenvalue weighted by Crippen LogP contribution is 2.39. The van der Waals surface area contributed by atoms with Gasteiger partial charge in [0, 0.05) is 15.5 Å². The fourth-order valence-electron chi connectivity index (χ4n) is 3.44. The van der Waals surface area contributed by atoms with Crippen molar-refractivity contribution < 1.29 is 14.3 Å². The van der Waals surface area contributed by atoms with Crippen LogP contribution in [0.25, 0.3) is 11.3 Å². The summed E-state index contributed by atoms with van der Waals surface area (Å²) in [6.45, 7) is 5.43. The van der Waals surface area contributed by atoms with E-state index in [9.17, 15) is 9.59 Å². The second kappa shape index (κ2) is 8.49. The molecular weight excluding hydrogens is 457 g/mol. The predicted octanol–water partition coefficient (Wildman–Crippen LogP) is 5.49. The molecule has 6 nitrogen and oxygen atoms in total. The summed E-state index contributed by atoms with van der Waals surface area (Å²) in [6, 6.07) is 10.3. The minimum Gasteiger partial charge on any atom is -0.479 e. The zero-order valence-corrected chi connectivity index (χ0v) is 19.4.